The van der Waals surface area contributed by atoms with Crippen LogP contribution >= 0.6 is 0 Å². The van der Waals surface area contributed by atoms with E-state index in [9.17, 15) is 14.4 Å². The fraction of sp³-hybridized carbons (Fsp3) is 0.429. The van der Waals surface area contributed by atoms with Gasteiger partial charge in [0.15, 0.2) is 5.82 Å². The molecule has 0 spiro atoms. The van der Waals surface area contributed by atoms with Crippen molar-refractivity contribution in [2.24, 2.45) is 0 Å². The lowest BCUT2D eigenvalue weighted by Crippen LogP contribution is -2.42. The summed E-state index contributed by atoms with van der Waals surface area (Å²) in [6.45, 7) is 12.5. The van der Waals surface area contributed by atoms with E-state index in [-0.39, 0.29) is 53.6 Å². The first kappa shape index (κ1) is 34.4. The van der Waals surface area contributed by atoms with E-state index in [0.717, 1.165) is 0 Å². The van der Waals surface area contributed by atoms with Gasteiger partial charge in [0, 0.05) is 60.2 Å². The average Bonchev–Trinajstić information content (AvgIpc) is 3.53. The third-order valence-electron chi connectivity index (χ3n) is 8.11. The van der Waals surface area contributed by atoms with Crippen LogP contribution in [-0.4, -0.2) is 68.3 Å². The van der Waals surface area contributed by atoms with Crippen molar-refractivity contribution in [2.75, 3.05) is 28.7 Å². The number of imidazole rings is 1. The van der Waals surface area contributed by atoms with Crippen molar-refractivity contribution in [3.8, 4) is 17.0 Å². The molecule has 15 heteroatoms. The minimum Gasteiger partial charge on any atom is -0.474 e. The predicted molar refractivity (Wildman–Crippen MR) is 183 cm³/mol. The summed E-state index contributed by atoms with van der Waals surface area (Å²) in [5.41, 5.74) is -0.571. The smallest absolute Gasteiger partial charge is 0.415 e. The van der Waals surface area contributed by atoms with E-state index in [2.05, 4.69) is 25.6 Å². The summed E-state index contributed by atoms with van der Waals surface area (Å²) in [5, 5.41) is 5.88. The molecular weight excluding hydrogens is 649 g/mol. The molecule has 1 fully saturated rings. The highest BCUT2D eigenvalue weighted by atomic mass is 19.1. The maximum Gasteiger partial charge on any atom is 0.415 e. The lowest BCUT2D eigenvalue weighted by molar-refractivity contribution is 0.0293. The number of nitrogens with zero attached hydrogens (tertiary/aromatic N) is 5. The van der Waals surface area contributed by atoms with Crippen molar-refractivity contribution in [3.05, 3.63) is 54.6 Å². The number of hydrogen-bond acceptors (Lipinski definition) is 10. The van der Waals surface area contributed by atoms with Crippen molar-refractivity contribution in [3.63, 3.8) is 0 Å². The number of nitrogens with one attached hydrogen (secondary N) is 2. The number of aromatic nitrogens is 4. The number of amides is 3. The predicted octanol–water partition coefficient (Wildman–Crippen LogP) is 7.37. The highest BCUT2D eigenvalue weighted by Gasteiger charge is 2.34. The van der Waals surface area contributed by atoms with E-state index in [4.69, 9.17) is 18.9 Å². The van der Waals surface area contributed by atoms with Crippen LogP contribution in [0.5, 0.6) is 5.88 Å². The van der Waals surface area contributed by atoms with Gasteiger partial charge in [-0.25, -0.2) is 33.7 Å². The Hall–Kier alpha value is -5.47. The molecule has 1 aliphatic carbocycles. The first-order chi connectivity index (χ1) is 23.6. The van der Waals surface area contributed by atoms with Gasteiger partial charge in [0.2, 0.25) is 5.88 Å². The second kappa shape index (κ2) is 13.1. The Balaban J connectivity index is 1.35. The van der Waals surface area contributed by atoms with Crippen LogP contribution in [0.4, 0.5) is 36.0 Å². The van der Waals surface area contributed by atoms with Gasteiger partial charge in [-0.1, -0.05) is 0 Å². The number of fused-ring (bicyclic) bond motifs is 2. The van der Waals surface area contributed by atoms with Crippen LogP contribution in [0.3, 0.4) is 0 Å². The Bertz CT molecular complexity index is 1950. The molecule has 3 amide bonds. The average molecular weight is 690 g/mol. The number of pyridine rings is 2. The molecule has 1 aromatic carbocycles. The number of halogens is 1. The summed E-state index contributed by atoms with van der Waals surface area (Å²) in [7, 11) is 0. The molecule has 50 heavy (non-hydrogen) atoms. The maximum absolute atomic E-state index is 16.6. The highest BCUT2D eigenvalue weighted by molar-refractivity contribution is 6.05. The minimum absolute atomic E-state index is 0.0609. The van der Waals surface area contributed by atoms with Crippen LogP contribution in [0.25, 0.3) is 21.9 Å². The summed E-state index contributed by atoms with van der Waals surface area (Å²) >= 11 is 0. The van der Waals surface area contributed by atoms with Crippen molar-refractivity contribution < 1.29 is 37.7 Å². The first-order valence-electron chi connectivity index (χ1n) is 16.3. The molecule has 6 rings (SSSR count). The van der Waals surface area contributed by atoms with Gasteiger partial charge in [0.1, 0.15) is 35.4 Å². The molecule has 1 saturated carbocycles. The van der Waals surface area contributed by atoms with Gasteiger partial charge < -0.3 is 23.5 Å². The summed E-state index contributed by atoms with van der Waals surface area (Å²) in [6.07, 6.45) is 6.99. The molecule has 1 aliphatic heterocycles. The monoisotopic (exact) mass is 689 g/mol. The van der Waals surface area contributed by atoms with E-state index in [0.29, 0.717) is 35.0 Å². The SMILES string of the molecule is Cc1c(-c2cc3cc(NC(=O)O[C@H]4C[C@H](n5ccnc5)C4)ncc3c(NC(=O)OC(C)(C)C)c2F)cnc2c1N(C(=O)OC(C)(C)C)CCO2. The topological polar surface area (TPSA) is 159 Å². The molecule has 264 valence electrons. The van der Waals surface area contributed by atoms with E-state index >= 15 is 4.39 Å². The van der Waals surface area contributed by atoms with Crippen molar-refractivity contribution >= 4 is 46.2 Å². The third-order valence-corrected chi connectivity index (χ3v) is 8.11. The summed E-state index contributed by atoms with van der Waals surface area (Å²) < 4.78 is 41.0. The van der Waals surface area contributed by atoms with Gasteiger partial charge in [-0.15, -0.1) is 0 Å². The van der Waals surface area contributed by atoms with E-state index in [1.807, 2.05) is 10.8 Å². The van der Waals surface area contributed by atoms with Crippen LogP contribution in [-0.2, 0) is 14.2 Å². The van der Waals surface area contributed by atoms with E-state index in [1.165, 1.54) is 17.3 Å². The molecule has 4 heterocycles. The normalized spacial score (nSPS) is 17.2. The van der Waals surface area contributed by atoms with Gasteiger partial charge in [0.25, 0.3) is 0 Å². The van der Waals surface area contributed by atoms with Gasteiger partial charge in [-0.05, 0) is 71.5 Å². The van der Waals surface area contributed by atoms with Crippen LogP contribution in [0.1, 0.15) is 66.0 Å². The first-order valence-corrected chi connectivity index (χ1v) is 16.3. The Kier molecular flexibility index (Phi) is 9.01. The Morgan fingerprint density at radius 3 is 2.38 bits per heavy atom. The molecule has 0 radical (unpaired) electrons. The van der Waals surface area contributed by atoms with Gasteiger partial charge in [-0.2, -0.15) is 0 Å². The van der Waals surface area contributed by atoms with E-state index in [1.54, 1.807) is 73.1 Å². The number of carbonyl (C=O) groups excluding carboxylic acids is 3. The number of anilines is 3. The molecular formula is C35H40FN7O7. The quantitative estimate of drug-likeness (QED) is 0.203. The maximum atomic E-state index is 16.6. The minimum atomic E-state index is -0.875. The zero-order valence-electron chi connectivity index (χ0n) is 29.0. The highest BCUT2D eigenvalue weighted by Crippen LogP contribution is 2.43. The standard InChI is InChI=1S/C35H40FN7O7/c1-19-24(16-39-30-29(19)43(10-11-47-30)33(46)50-35(5,6)7)23-12-20-13-26(40-31(44)48-22-14-21(15-22)42-9-8-37-18-42)38-17-25(20)28(27(23)36)41-32(45)49-34(2,3)4/h8-9,12-13,16-18,21-22H,10-11,14-15H2,1-7H3,(H,41,45)(H,38,40,44)/t21-,22-. The molecule has 2 aliphatic rings. The fourth-order valence-corrected chi connectivity index (χ4v) is 5.82. The second-order valence-corrected chi connectivity index (χ2v) is 14.2. The molecule has 2 N–H and O–H groups in total. The van der Waals surface area contributed by atoms with Crippen molar-refractivity contribution in [1.82, 2.24) is 19.5 Å². The number of ether oxygens (including phenoxy) is 4. The van der Waals surface area contributed by atoms with Crippen LogP contribution < -0.4 is 20.3 Å². The number of rotatable bonds is 5. The molecule has 0 bridgehead atoms. The molecule has 4 aromatic rings. The number of benzene rings is 1. The Morgan fingerprint density at radius 2 is 1.70 bits per heavy atom. The Morgan fingerprint density at radius 1 is 0.960 bits per heavy atom. The molecule has 0 unspecified atom stereocenters. The van der Waals surface area contributed by atoms with Gasteiger partial charge in [0.05, 0.1) is 18.6 Å². The Labute approximate surface area is 288 Å². The molecule has 14 nitrogen and oxygen atoms in total. The fourth-order valence-electron chi connectivity index (χ4n) is 5.82. The number of carbonyl (C=O) groups is 3. The summed E-state index contributed by atoms with van der Waals surface area (Å²) in [4.78, 5) is 53.2. The summed E-state index contributed by atoms with van der Waals surface area (Å²) in [6, 6.07) is 3.32. The van der Waals surface area contributed by atoms with Crippen molar-refractivity contribution in [1.29, 1.82) is 0 Å². The van der Waals surface area contributed by atoms with E-state index < -0.39 is 35.3 Å². The third kappa shape index (κ3) is 7.40. The lowest BCUT2D eigenvalue weighted by atomic mass is 9.89. The lowest BCUT2D eigenvalue weighted by Gasteiger charge is -2.35. The summed E-state index contributed by atoms with van der Waals surface area (Å²) in [5.74, 6) is -0.430. The van der Waals surface area contributed by atoms with Crippen molar-refractivity contribution in [2.45, 2.75) is 84.7 Å². The van der Waals surface area contributed by atoms with Crippen LogP contribution in [0, 0.1) is 12.7 Å². The van der Waals surface area contributed by atoms with Crippen LogP contribution in [0.2, 0.25) is 0 Å². The molecule has 0 saturated heterocycles. The molecule has 0 atom stereocenters. The van der Waals surface area contributed by atoms with Gasteiger partial charge >= 0.3 is 18.3 Å². The van der Waals surface area contributed by atoms with Crippen LogP contribution in [0.15, 0.2) is 43.2 Å². The van der Waals surface area contributed by atoms with Gasteiger partial charge in [-0.3, -0.25) is 15.5 Å². The zero-order valence-corrected chi connectivity index (χ0v) is 29.0. The molecule has 3 aromatic heterocycles. The zero-order chi connectivity index (χ0) is 36.0. The second-order valence-electron chi connectivity index (χ2n) is 14.2. The largest absolute Gasteiger partial charge is 0.474 e. The number of hydrogen-bond donors (Lipinski definition) is 2.